The van der Waals surface area contributed by atoms with Crippen molar-refractivity contribution in [3.63, 3.8) is 0 Å². The summed E-state index contributed by atoms with van der Waals surface area (Å²) in [6, 6.07) is 13.5. The summed E-state index contributed by atoms with van der Waals surface area (Å²) in [6.07, 6.45) is 0.180. The largest absolute Gasteiger partial charge is 0.496 e. The molecule has 2 aromatic rings. The molecule has 3 nitrogen and oxygen atoms in total. The van der Waals surface area contributed by atoms with Gasteiger partial charge in [0.25, 0.3) is 0 Å². The van der Waals surface area contributed by atoms with Crippen LogP contribution >= 0.6 is 11.6 Å². The normalized spacial score (nSPS) is 10.5. The van der Waals surface area contributed by atoms with E-state index in [0.717, 1.165) is 22.7 Å². The van der Waals surface area contributed by atoms with Crippen molar-refractivity contribution >= 4 is 17.3 Å². The smallest absolute Gasteiger partial charge is 0.123 e. The summed E-state index contributed by atoms with van der Waals surface area (Å²) in [6.45, 7) is 4.67. The minimum Gasteiger partial charge on any atom is -0.496 e. The quantitative estimate of drug-likeness (QED) is 0.835. The minimum atomic E-state index is 0.180. The summed E-state index contributed by atoms with van der Waals surface area (Å²) in [7, 11) is 1.66. The summed E-state index contributed by atoms with van der Waals surface area (Å²) in [5.41, 5.74) is 2.04. The Hall–Kier alpha value is -1.87. The second-order valence-electron chi connectivity index (χ2n) is 5.00. The van der Waals surface area contributed by atoms with E-state index in [2.05, 4.69) is 5.32 Å². The molecule has 4 heteroatoms. The Morgan fingerprint density at radius 3 is 2.43 bits per heavy atom. The Labute approximate surface area is 130 Å². The molecule has 0 spiro atoms. The Morgan fingerprint density at radius 2 is 1.81 bits per heavy atom. The lowest BCUT2D eigenvalue weighted by molar-refractivity contribution is 0.242. The van der Waals surface area contributed by atoms with Gasteiger partial charge >= 0.3 is 0 Å². The van der Waals surface area contributed by atoms with E-state index in [1.54, 1.807) is 7.11 Å². The van der Waals surface area contributed by atoms with Crippen LogP contribution in [0.25, 0.3) is 0 Å². The van der Waals surface area contributed by atoms with Gasteiger partial charge in [-0.2, -0.15) is 0 Å². The summed E-state index contributed by atoms with van der Waals surface area (Å²) in [5, 5.41) is 4.05. The molecule has 0 saturated heterocycles. The van der Waals surface area contributed by atoms with Crippen molar-refractivity contribution in [3.05, 3.63) is 53.1 Å². The third kappa shape index (κ3) is 4.57. The highest BCUT2D eigenvalue weighted by Crippen LogP contribution is 2.24. The molecule has 2 rings (SSSR count). The van der Waals surface area contributed by atoms with Gasteiger partial charge in [-0.1, -0.05) is 11.6 Å². The van der Waals surface area contributed by atoms with Gasteiger partial charge in [0.2, 0.25) is 0 Å². The monoisotopic (exact) mass is 305 g/mol. The van der Waals surface area contributed by atoms with Gasteiger partial charge in [0.1, 0.15) is 11.5 Å². The topological polar surface area (TPSA) is 30.5 Å². The van der Waals surface area contributed by atoms with Crippen LogP contribution in [-0.4, -0.2) is 13.2 Å². The zero-order valence-electron chi connectivity index (χ0n) is 12.5. The predicted octanol–water partition coefficient (Wildman–Crippen LogP) is 4.75. The van der Waals surface area contributed by atoms with E-state index in [1.165, 1.54) is 0 Å². The van der Waals surface area contributed by atoms with E-state index in [0.29, 0.717) is 11.6 Å². The van der Waals surface area contributed by atoms with Crippen molar-refractivity contribution in [3.8, 4) is 11.5 Å². The van der Waals surface area contributed by atoms with Gasteiger partial charge in [0.15, 0.2) is 0 Å². The van der Waals surface area contributed by atoms with Gasteiger partial charge in [-0.3, -0.25) is 0 Å². The summed E-state index contributed by atoms with van der Waals surface area (Å²) in [5.74, 6) is 1.70. The van der Waals surface area contributed by atoms with E-state index in [9.17, 15) is 0 Å². The third-order valence-corrected chi connectivity index (χ3v) is 3.19. The van der Waals surface area contributed by atoms with Crippen molar-refractivity contribution in [2.24, 2.45) is 0 Å². The standard InChI is InChI=1S/C17H20ClNO2/c1-12(2)21-16-7-5-15(6-8-16)19-11-13-10-14(18)4-9-17(13)20-3/h4-10,12,19H,11H2,1-3H3. The fourth-order valence-electron chi connectivity index (χ4n) is 2.01. The van der Waals surface area contributed by atoms with Gasteiger partial charge in [-0.15, -0.1) is 0 Å². The number of ether oxygens (including phenoxy) is 2. The molecular formula is C17H20ClNO2. The number of hydrogen-bond acceptors (Lipinski definition) is 3. The van der Waals surface area contributed by atoms with Crippen LogP contribution in [0.3, 0.4) is 0 Å². The molecule has 0 aliphatic rings. The number of nitrogens with one attached hydrogen (secondary N) is 1. The Bertz CT molecular complexity index is 582. The Kier molecular flexibility index (Phi) is 5.34. The van der Waals surface area contributed by atoms with Gasteiger partial charge in [0.05, 0.1) is 13.2 Å². The van der Waals surface area contributed by atoms with Gasteiger partial charge in [-0.25, -0.2) is 0 Å². The van der Waals surface area contributed by atoms with Gasteiger partial charge < -0.3 is 14.8 Å². The molecule has 0 unspecified atom stereocenters. The van der Waals surface area contributed by atoms with Crippen LogP contribution in [0.1, 0.15) is 19.4 Å². The molecule has 0 aliphatic heterocycles. The Morgan fingerprint density at radius 1 is 1.10 bits per heavy atom. The maximum Gasteiger partial charge on any atom is 0.123 e. The highest BCUT2D eigenvalue weighted by Gasteiger charge is 2.04. The highest BCUT2D eigenvalue weighted by molar-refractivity contribution is 6.30. The van der Waals surface area contributed by atoms with Crippen molar-refractivity contribution in [1.29, 1.82) is 0 Å². The molecule has 0 bridgehead atoms. The lowest BCUT2D eigenvalue weighted by Crippen LogP contribution is -2.05. The first-order chi connectivity index (χ1) is 10.1. The van der Waals surface area contributed by atoms with Crippen LogP contribution in [-0.2, 0) is 6.54 Å². The maximum absolute atomic E-state index is 6.02. The number of hydrogen-bond donors (Lipinski definition) is 1. The zero-order chi connectivity index (χ0) is 15.2. The van der Waals surface area contributed by atoms with Crippen LogP contribution in [0.4, 0.5) is 5.69 Å². The zero-order valence-corrected chi connectivity index (χ0v) is 13.3. The first-order valence-electron chi connectivity index (χ1n) is 6.91. The van der Waals surface area contributed by atoms with E-state index >= 15 is 0 Å². The molecule has 0 aromatic heterocycles. The molecule has 0 amide bonds. The van der Waals surface area contributed by atoms with E-state index in [-0.39, 0.29) is 6.10 Å². The van der Waals surface area contributed by atoms with Crippen LogP contribution in [0.2, 0.25) is 5.02 Å². The number of benzene rings is 2. The fourth-order valence-corrected chi connectivity index (χ4v) is 2.20. The molecule has 2 aromatic carbocycles. The molecule has 0 aliphatic carbocycles. The fraction of sp³-hybridized carbons (Fsp3) is 0.294. The van der Waals surface area contributed by atoms with Gasteiger partial charge in [-0.05, 0) is 56.3 Å². The number of methoxy groups -OCH3 is 1. The SMILES string of the molecule is COc1ccc(Cl)cc1CNc1ccc(OC(C)C)cc1. The second-order valence-corrected chi connectivity index (χ2v) is 5.44. The number of halogens is 1. The molecule has 0 saturated carbocycles. The molecule has 0 heterocycles. The molecule has 0 atom stereocenters. The van der Waals surface area contributed by atoms with E-state index in [4.69, 9.17) is 21.1 Å². The first-order valence-corrected chi connectivity index (χ1v) is 7.29. The number of anilines is 1. The lowest BCUT2D eigenvalue weighted by Gasteiger charge is -2.13. The van der Waals surface area contributed by atoms with Crippen molar-refractivity contribution in [1.82, 2.24) is 0 Å². The average Bonchev–Trinajstić information content (AvgIpc) is 2.46. The number of rotatable bonds is 6. The molecule has 112 valence electrons. The van der Waals surface area contributed by atoms with Crippen LogP contribution < -0.4 is 14.8 Å². The van der Waals surface area contributed by atoms with Crippen LogP contribution in [0.5, 0.6) is 11.5 Å². The summed E-state index contributed by atoms with van der Waals surface area (Å²) >= 11 is 6.02. The molecule has 21 heavy (non-hydrogen) atoms. The second kappa shape index (κ2) is 7.23. The summed E-state index contributed by atoms with van der Waals surface area (Å²) in [4.78, 5) is 0. The van der Waals surface area contributed by atoms with Crippen molar-refractivity contribution in [2.45, 2.75) is 26.5 Å². The predicted molar refractivity (Wildman–Crippen MR) is 87.5 cm³/mol. The third-order valence-electron chi connectivity index (χ3n) is 2.95. The van der Waals surface area contributed by atoms with Gasteiger partial charge in [0, 0.05) is 22.8 Å². The molecular weight excluding hydrogens is 286 g/mol. The summed E-state index contributed by atoms with van der Waals surface area (Å²) < 4.78 is 11.0. The van der Waals surface area contributed by atoms with Crippen molar-refractivity contribution < 1.29 is 9.47 Å². The lowest BCUT2D eigenvalue weighted by atomic mass is 10.2. The molecule has 0 radical (unpaired) electrons. The van der Waals surface area contributed by atoms with Crippen LogP contribution in [0.15, 0.2) is 42.5 Å². The molecule has 0 fully saturated rings. The maximum atomic E-state index is 6.02. The van der Waals surface area contributed by atoms with Crippen LogP contribution in [0, 0.1) is 0 Å². The molecule has 1 N–H and O–H groups in total. The first kappa shape index (κ1) is 15.5. The van der Waals surface area contributed by atoms with Crippen molar-refractivity contribution in [2.75, 3.05) is 12.4 Å². The Balaban J connectivity index is 2.01. The van der Waals surface area contributed by atoms with E-state index < -0.39 is 0 Å². The minimum absolute atomic E-state index is 0.180. The average molecular weight is 306 g/mol. The van der Waals surface area contributed by atoms with E-state index in [1.807, 2.05) is 56.3 Å². The highest BCUT2D eigenvalue weighted by atomic mass is 35.5.